The van der Waals surface area contributed by atoms with E-state index in [2.05, 4.69) is 4.98 Å². The van der Waals surface area contributed by atoms with Gasteiger partial charge in [0.05, 0.1) is 16.7 Å². The van der Waals surface area contributed by atoms with Crippen molar-refractivity contribution in [3.05, 3.63) is 48.3 Å². The molecule has 0 atom stereocenters. The molecule has 0 unspecified atom stereocenters. The summed E-state index contributed by atoms with van der Waals surface area (Å²) in [7, 11) is -4.12. The molecule has 1 heterocycles. The van der Waals surface area contributed by atoms with Crippen LogP contribution in [0.15, 0.2) is 47.6 Å². The molecule has 0 saturated carbocycles. The number of hydrogen-bond acceptors (Lipinski definition) is 4. The first-order valence-electron chi connectivity index (χ1n) is 5.53. The van der Waals surface area contributed by atoms with Gasteiger partial charge >= 0.3 is 6.18 Å². The number of alkyl halides is 3. The van der Waals surface area contributed by atoms with Crippen molar-refractivity contribution >= 4 is 15.7 Å². The smallest absolute Gasteiger partial charge is 0.416 e. The molecule has 0 saturated heterocycles. The lowest BCUT2D eigenvalue weighted by Gasteiger charge is -2.10. The van der Waals surface area contributed by atoms with Crippen LogP contribution < -0.4 is 4.72 Å². The van der Waals surface area contributed by atoms with Crippen molar-refractivity contribution in [1.29, 1.82) is 0 Å². The fourth-order valence-corrected chi connectivity index (χ4v) is 2.55. The topological polar surface area (TPSA) is 79.3 Å². The van der Waals surface area contributed by atoms with Gasteiger partial charge < -0.3 is 5.11 Å². The molecule has 0 radical (unpaired) electrons. The molecule has 0 aliphatic rings. The number of benzene rings is 1. The minimum Gasteiger partial charge on any atom is -0.506 e. The van der Waals surface area contributed by atoms with Gasteiger partial charge in [0.2, 0.25) is 0 Å². The maximum absolute atomic E-state index is 12.4. The number of nitrogens with one attached hydrogen (secondary N) is 1. The van der Waals surface area contributed by atoms with E-state index in [9.17, 15) is 26.7 Å². The van der Waals surface area contributed by atoms with Gasteiger partial charge in [0.15, 0.2) is 0 Å². The molecule has 1 aromatic carbocycles. The highest BCUT2D eigenvalue weighted by Gasteiger charge is 2.30. The summed E-state index contributed by atoms with van der Waals surface area (Å²) < 4.78 is 63.2. The molecule has 0 aliphatic carbocycles. The highest BCUT2D eigenvalue weighted by molar-refractivity contribution is 7.92. The first-order valence-corrected chi connectivity index (χ1v) is 7.01. The number of hydrogen-bond donors (Lipinski definition) is 2. The highest BCUT2D eigenvalue weighted by atomic mass is 32.2. The molecule has 2 aromatic rings. The van der Waals surface area contributed by atoms with Crippen LogP contribution in [0.2, 0.25) is 0 Å². The van der Waals surface area contributed by atoms with E-state index in [0.717, 1.165) is 18.3 Å². The zero-order chi connectivity index (χ0) is 15.7. The summed E-state index contributed by atoms with van der Waals surface area (Å²) in [6, 6.07) is 4.16. The Kier molecular flexibility index (Phi) is 3.77. The van der Waals surface area contributed by atoms with E-state index < -0.39 is 21.8 Å². The van der Waals surface area contributed by atoms with E-state index in [-0.39, 0.29) is 16.3 Å². The van der Waals surface area contributed by atoms with Crippen molar-refractivity contribution in [3.63, 3.8) is 0 Å². The van der Waals surface area contributed by atoms with Gasteiger partial charge in [-0.1, -0.05) is 0 Å². The lowest BCUT2D eigenvalue weighted by Crippen LogP contribution is -2.14. The molecule has 0 spiro atoms. The number of pyridine rings is 1. The third kappa shape index (κ3) is 3.43. The first kappa shape index (κ1) is 15.1. The Morgan fingerprint density at radius 1 is 1.10 bits per heavy atom. The summed E-state index contributed by atoms with van der Waals surface area (Å²) >= 11 is 0. The molecular formula is C12H9F3N2O3S. The largest absolute Gasteiger partial charge is 0.506 e. The maximum Gasteiger partial charge on any atom is 0.416 e. The molecule has 21 heavy (non-hydrogen) atoms. The van der Waals surface area contributed by atoms with E-state index in [0.29, 0.717) is 12.1 Å². The van der Waals surface area contributed by atoms with Gasteiger partial charge in [-0.2, -0.15) is 13.2 Å². The monoisotopic (exact) mass is 318 g/mol. The zero-order valence-corrected chi connectivity index (χ0v) is 11.1. The summed E-state index contributed by atoms with van der Waals surface area (Å²) in [5, 5.41) is 9.46. The van der Waals surface area contributed by atoms with Gasteiger partial charge in [0, 0.05) is 12.3 Å². The van der Waals surface area contributed by atoms with Crippen LogP contribution in [0.4, 0.5) is 18.9 Å². The molecule has 0 fully saturated rings. The summed E-state index contributed by atoms with van der Waals surface area (Å²) in [5.74, 6) is -0.347. The van der Waals surface area contributed by atoms with E-state index in [4.69, 9.17) is 0 Å². The highest BCUT2D eigenvalue weighted by Crippen LogP contribution is 2.30. The SMILES string of the molecule is O=S(=O)(Nc1cnccc1O)c1ccc(C(F)(F)F)cc1. The lowest BCUT2D eigenvalue weighted by molar-refractivity contribution is -0.137. The Bertz CT molecular complexity index is 743. The summed E-state index contributed by atoms with van der Waals surface area (Å²) in [4.78, 5) is 3.27. The van der Waals surface area contributed by atoms with Crippen LogP contribution in [0.1, 0.15) is 5.56 Å². The molecule has 9 heteroatoms. The second-order valence-corrected chi connectivity index (χ2v) is 5.70. The van der Waals surface area contributed by atoms with Crippen molar-refractivity contribution in [3.8, 4) is 5.75 Å². The predicted octanol–water partition coefficient (Wildman–Crippen LogP) is 2.61. The third-order valence-corrected chi connectivity index (χ3v) is 3.92. The van der Waals surface area contributed by atoms with E-state index in [1.54, 1.807) is 0 Å². The first-order chi connectivity index (χ1) is 9.70. The molecule has 0 amide bonds. The maximum atomic E-state index is 12.4. The number of anilines is 1. The fourth-order valence-electron chi connectivity index (χ4n) is 1.49. The van der Waals surface area contributed by atoms with Gasteiger partial charge in [-0.3, -0.25) is 9.71 Å². The molecular weight excluding hydrogens is 309 g/mol. The van der Waals surface area contributed by atoms with Crippen LogP contribution in [0.3, 0.4) is 0 Å². The van der Waals surface area contributed by atoms with Crippen molar-refractivity contribution in [2.45, 2.75) is 11.1 Å². The van der Waals surface area contributed by atoms with E-state index >= 15 is 0 Å². The summed E-state index contributed by atoms with van der Waals surface area (Å²) in [5.41, 5.74) is -1.12. The predicted molar refractivity (Wildman–Crippen MR) is 68.2 cm³/mol. The number of aromatic nitrogens is 1. The number of rotatable bonds is 3. The van der Waals surface area contributed by atoms with Gasteiger partial charge in [0.25, 0.3) is 10.0 Å². The molecule has 2 rings (SSSR count). The van der Waals surface area contributed by atoms with Crippen LogP contribution in [0.25, 0.3) is 0 Å². The standard InChI is InChI=1S/C12H9F3N2O3S/c13-12(14,15)8-1-3-9(4-2-8)21(19,20)17-10-7-16-6-5-11(10)18/h1-7,17H,(H,16,18). The number of sulfonamides is 1. The second kappa shape index (κ2) is 5.24. The number of halogens is 3. The molecule has 112 valence electrons. The second-order valence-electron chi connectivity index (χ2n) is 4.02. The molecule has 5 nitrogen and oxygen atoms in total. The molecule has 0 bridgehead atoms. The zero-order valence-electron chi connectivity index (χ0n) is 10.3. The summed E-state index contributed by atoms with van der Waals surface area (Å²) in [6.07, 6.45) is -2.21. The van der Waals surface area contributed by atoms with Gasteiger partial charge in [-0.25, -0.2) is 8.42 Å². The lowest BCUT2D eigenvalue weighted by atomic mass is 10.2. The van der Waals surface area contributed by atoms with Crippen molar-refractivity contribution < 1.29 is 26.7 Å². The Hall–Kier alpha value is -2.29. The van der Waals surface area contributed by atoms with E-state index in [1.807, 2.05) is 4.72 Å². The van der Waals surface area contributed by atoms with Crippen LogP contribution >= 0.6 is 0 Å². The quantitative estimate of drug-likeness (QED) is 0.912. The Morgan fingerprint density at radius 2 is 1.71 bits per heavy atom. The molecule has 1 aromatic heterocycles. The van der Waals surface area contributed by atoms with Gasteiger partial charge in [-0.05, 0) is 24.3 Å². The van der Waals surface area contributed by atoms with Crippen molar-refractivity contribution in [1.82, 2.24) is 4.98 Å². The normalized spacial score (nSPS) is 12.1. The number of aromatic hydroxyl groups is 1. The van der Waals surface area contributed by atoms with Crippen LogP contribution in [0, 0.1) is 0 Å². The molecule has 2 N–H and O–H groups in total. The van der Waals surface area contributed by atoms with Gasteiger partial charge in [-0.15, -0.1) is 0 Å². The van der Waals surface area contributed by atoms with Crippen LogP contribution in [0.5, 0.6) is 5.75 Å². The van der Waals surface area contributed by atoms with Crippen molar-refractivity contribution in [2.24, 2.45) is 0 Å². The summed E-state index contributed by atoms with van der Waals surface area (Å²) in [6.45, 7) is 0. The fraction of sp³-hybridized carbons (Fsp3) is 0.0833. The van der Waals surface area contributed by atoms with Crippen LogP contribution in [-0.4, -0.2) is 18.5 Å². The minimum absolute atomic E-state index is 0.169. The van der Waals surface area contributed by atoms with Gasteiger partial charge in [0.1, 0.15) is 11.4 Å². The Morgan fingerprint density at radius 3 is 2.24 bits per heavy atom. The van der Waals surface area contributed by atoms with E-state index in [1.165, 1.54) is 12.3 Å². The average molecular weight is 318 g/mol. The molecule has 0 aliphatic heterocycles. The van der Waals surface area contributed by atoms with Crippen molar-refractivity contribution in [2.75, 3.05) is 4.72 Å². The Balaban J connectivity index is 2.30. The number of nitrogens with zero attached hydrogens (tertiary/aromatic N) is 1. The minimum atomic E-state index is -4.54. The Labute approximate surface area is 118 Å². The average Bonchev–Trinajstić information content (AvgIpc) is 2.40. The van der Waals surface area contributed by atoms with Crippen LogP contribution in [-0.2, 0) is 16.2 Å². The third-order valence-electron chi connectivity index (χ3n) is 2.53.